The molecule has 3 aromatic heterocycles. The van der Waals surface area contributed by atoms with Crippen molar-refractivity contribution in [3.8, 4) is 5.69 Å². The van der Waals surface area contributed by atoms with Gasteiger partial charge in [-0.3, -0.25) is 18.7 Å². The van der Waals surface area contributed by atoms with Crippen molar-refractivity contribution in [2.75, 3.05) is 0 Å². The second-order valence-electron chi connectivity index (χ2n) is 6.93. The Kier molecular flexibility index (Phi) is 5.04. The Morgan fingerprint density at radius 2 is 1.83 bits per heavy atom. The van der Waals surface area contributed by atoms with Crippen LogP contribution in [0.15, 0.2) is 58.5 Å². The number of aryl methyl sites for hydroxylation is 1. The van der Waals surface area contributed by atoms with Crippen LogP contribution in [0, 0.1) is 0 Å². The van der Waals surface area contributed by atoms with Crippen molar-refractivity contribution < 1.29 is 4.79 Å². The number of rotatable bonds is 5. The van der Waals surface area contributed by atoms with Crippen LogP contribution in [-0.4, -0.2) is 29.4 Å². The molecule has 0 saturated carbocycles. The molecule has 1 N–H and O–H groups in total. The van der Waals surface area contributed by atoms with E-state index in [4.69, 9.17) is 11.6 Å². The van der Waals surface area contributed by atoms with E-state index in [2.05, 4.69) is 10.4 Å². The molecule has 4 aromatic rings. The molecular weight excluding hydrogens is 408 g/mol. The molecule has 0 saturated heterocycles. The highest BCUT2D eigenvalue weighted by molar-refractivity contribution is 6.30. The SMILES string of the molecule is Cn1c(=O)c2ccn(CC(=O)NCc3cnn(-c4ccc(Cl)cc4)c3)c2n(C)c1=O. The first kappa shape index (κ1) is 19.7. The minimum atomic E-state index is -0.442. The standard InChI is InChI=1S/C20H19ClN6O3/c1-24-18-16(19(29)25(2)20(24)30)7-8-26(18)12-17(28)22-9-13-10-23-27(11-13)15-5-3-14(21)4-6-15/h3-8,10-11H,9,12H2,1-2H3,(H,22,28). The van der Waals surface area contributed by atoms with Crippen LogP contribution in [0.3, 0.4) is 0 Å². The summed E-state index contributed by atoms with van der Waals surface area (Å²) in [5.74, 6) is -0.250. The number of fused-ring (bicyclic) bond motifs is 1. The molecule has 30 heavy (non-hydrogen) atoms. The molecule has 0 aliphatic rings. The molecule has 4 rings (SSSR count). The molecule has 10 heteroatoms. The summed E-state index contributed by atoms with van der Waals surface area (Å²) >= 11 is 5.90. The smallest absolute Gasteiger partial charge is 0.332 e. The Morgan fingerprint density at radius 3 is 2.57 bits per heavy atom. The number of halogens is 1. The summed E-state index contributed by atoms with van der Waals surface area (Å²) in [4.78, 5) is 36.9. The van der Waals surface area contributed by atoms with E-state index in [-0.39, 0.29) is 18.0 Å². The number of carbonyl (C=O) groups excluding carboxylic acids is 1. The van der Waals surface area contributed by atoms with Crippen molar-refractivity contribution in [2.24, 2.45) is 14.1 Å². The molecule has 3 heterocycles. The van der Waals surface area contributed by atoms with Crippen LogP contribution >= 0.6 is 11.6 Å². The molecule has 0 spiro atoms. The fourth-order valence-corrected chi connectivity index (χ4v) is 3.44. The lowest BCUT2D eigenvalue weighted by Crippen LogP contribution is -2.37. The summed E-state index contributed by atoms with van der Waals surface area (Å²) in [6.07, 6.45) is 5.12. The van der Waals surface area contributed by atoms with E-state index >= 15 is 0 Å². The molecule has 0 unspecified atom stereocenters. The lowest BCUT2D eigenvalue weighted by molar-refractivity contribution is -0.121. The second kappa shape index (κ2) is 7.68. The Bertz CT molecular complexity index is 1360. The third-order valence-corrected chi connectivity index (χ3v) is 5.14. The zero-order valence-corrected chi connectivity index (χ0v) is 17.1. The molecule has 1 amide bonds. The Labute approximate surface area is 175 Å². The molecule has 0 aliphatic heterocycles. The zero-order valence-electron chi connectivity index (χ0n) is 16.4. The molecule has 0 radical (unpaired) electrons. The van der Waals surface area contributed by atoms with E-state index in [0.717, 1.165) is 15.8 Å². The average molecular weight is 427 g/mol. The number of nitrogens with one attached hydrogen (secondary N) is 1. The van der Waals surface area contributed by atoms with Crippen LogP contribution in [0.5, 0.6) is 0 Å². The van der Waals surface area contributed by atoms with Gasteiger partial charge in [-0.15, -0.1) is 0 Å². The molecule has 0 fully saturated rings. The summed E-state index contributed by atoms with van der Waals surface area (Å²) in [7, 11) is 3.00. The minimum Gasteiger partial charge on any atom is -0.350 e. The van der Waals surface area contributed by atoms with Gasteiger partial charge in [-0.05, 0) is 30.3 Å². The van der Waals surface area contributed by atoms with Gasteiger partial charge in [0.15, 0.2) is 0 Å². The lowest BCUT2D eigenvalue weighted by atomic mass is 10.3. The first-order valence-electron chi connectivity index (χ1n) is 9.16. The Balaban J connectivity index is 1.47. The number of carbonyl (C=O) groups is 1. The van der Waals surface area contributed by atoms with Crippen molar-refractivity contribution in [1.82, 2.24) is 28.8 Å². The van der Waals surface area contributed by atoms with Crippen LogP contribution in [0.4, 0.5) is 0 Å². The molecule has 9 nitrogen and oxygen atoms in total. The van der Waals surface area contributed by atoms with E-state index in [1.54, 1.807) is 46.9 Å². The van der Waals surface area contributed by atoms with Gasteiger partial charge in [0.1, 0.15) is 12.2 Å². The van der Waals surface area contributed by atoms with Crippen LogP contribution in [0.2, 0.25) is 5.02 Å². The van der Waals surface area contributed by atoms with Gasteiger partial charge in [0.05, 0.1) is 17.3 Å². The zero-order chi connectivity index (χ0) is 21.4. The number of aromatic nitrogens is 5. The fourth-order valence-electron chi connectivity index (χ4n) is 3.31. The summed E-state index contributed by atoms with van der Waals surface area (Å²) in [6, 6.07) is 8.87. The maximum absolute atomic E-state index is 12.4. The normalized spacial score (nSPS) is 11.2. The number of nitrogens with zero attached hydrogens (tertiary/aromatic N) is 5. The van der Waals surface area contributed by atoms with E-state index in [0.29, 0.717) is 22.6 Å². The minimum absolute atomic E-state index is 0.0186. The number of hydrogen-bond acceptors (Lipinski definition) is 4. The van der Waals surface area contributed by atoms with Crippen molar-refractivity contribution in [3.05, 3.63) is 80.3 Å². The lowest BCUT2D eigenvalue weighted by Gasteiger charge is -2.10. The van der Waals surface area contributed by atoms with Gasteiger partial charge in [0.25, 0.3) is 5.56 Å². The molecule has 1 aromatic carbocycles. The highest BCUT2D eigenvalue weighted by Gasteiger charge is 2.14. The molecule has 0 bridgehead atoms. The number of benzene rings is 1. The van der Waals surface area contributed by atoms with Crippen LogP contribution in [0.1, 0.15) is 5.56 Å². The van der Waals surface area contributed by atoms with Crippen LogP contribution in [-0.2, 0) is 32.0 Å². The summed E-state index contributed by atoms with van der Waals surface area (Å²) in [5, 5.41) is 8.15. The average Bonchev–Trinajstić information content (AvgIpc) is 3.37. The number of amides is 1. The summed E-state index contributed by atoms with van der Waals surface area (Å²) in [5.41, 5.74) is 1.27. The van der Waals surface area contributed by atoms with Gasteiger partial charge in [-0.1, -0.05) is 11.6 Å². The maximum Gasteiger partial charge on any atom is 0.332 e. The first-order valence-corrected chi connectivity index (χ1v) is 9.54. The van der Waals surface area contributed by atoms with Crippen molar-refractivity contribution in [1.29, 1.82) is 0 Å². The highest BCUT2D eigenvalue weighted by Crippen LogP contribution is 2.13. The second-order valence-corrected chi connectivity index (χ2v) is 7.37. The van der Waals surface area contributed by atoms with Gasteiger partial charge in [0.2, 0.25) is 5.91 Å². The van der Waals surface area contributed by atoms with E-state index in [1.807, 2.05) is 18.3 Å². The van der Waals surface area contributed by atoms with E-state index < -0.39 is 5.69 Å². The van der Waals surface area contributed by atoms with Gasteiger partial charge in [0, 0.05) is 43.6 Å². The Hall–Kier alpha value is -3.59. The summed E-state index contributed by atoms with van der Waals surface area (Å²) in [6.45, 7) is 0.279. The molecule has 154 valence electrons. The fraction of sp³-hybridized carbons (Fsp3) is 0.200. The summed E-state index contributed by atoms with van der Waals surface area (Å²) < 4.78 is 5.69. The molecular formula is C20H19ClN6O3. The van der Waals surface area contributed by atoms with Gasteiger partial charge >= 0.3 is 5.69 Å². The van der Waals surface area contributed by atoms with Gasteiger partial charge in [-0.25, -0.2) is 9.48 Å². The van der Waals surface area contributed by atoms with E-state index in [9.17, 15) is 14.4 Å². The Morgan fingerprint density at radius 1 is 1.10 bits per heavy atom. The first-order chi connectivity index (χ1) is 14.3. The van der Waals surface area contributed by atoms with Gasteiger partial charge < -0.3 is 9.88 Å². The topological polar surface area (TPSA) is 95.8 Å². The van der Waals surface area contributed by atoms with E-state index in [1.165, 1.54) is 11.6 Å². The number of hydrogen-bond donors (Lipinski definition) is 1. The van der Waals surface area contributed by atoms with Crippen molar-refractivity contribution >= 4 is 28.5 Å². The van der Waals surface area contributed by atoms with Crippen LogP contribution in [0.25, 0.3) is 16.7 Å². The largest absolute Gasteiger partial charge is 0.350 e. The third kappa shape index (κ3) is 3.55. The molecule has 0 atom stereocenters. The van der Waals surface area contributed by atoms with Gasteiger partial charge in [-0.2, -0.15) is 5.10 Å². The maximum atomic E-state index is 12.4. The predicted octanol–water partition coefficient (Wildman–Crippen LogP) is 1.19. The quantitative estimate of drug-likeness (QED) is 0.518. The predicted molar refractivity (Wildman–Crippen MR) is 113 cm³/mol. The van der Waals surface area contributed by atoms with Crippen molar-refractivity contribution in [3.63, 3.8) is 0 Å². The highest BCUT2D eigenvalue weighted by atomic mass is 35.5. The third-order valence-electron chi connectivity index (χ3n) is 4.89. The monoisotopic (exact) mass is 426 g/mol. The molecule has 0 aliphatic carbocycles. The van der Waals surface area contributed by atoms with Crippen molar-refractivity contribution in [2.45, 2.75) is 13.1 Å². The van der Waals surface area contributed by atoms with Crippen LogP contribution < -0.4 is 16.6 Å².